The van der Waals surface area contributed by atoms with Crippen molar-refractivity contribution < 1.29 is 14.7 Å². The average molecular weight is 302 g/mol. The summed E-state index contributed by atoms with van der Waals surface area (Å²) < 4.78 is 0. The fourth-order valence-corrected chi connectivity index (χ4v) is 3.41. The zero-order valence-corrected chi connectivity index (χ0v) is 12.8. The lowest BCUT2D eigenvalue weighted by atomic mass is 10.0. The monoisotopic (exact) mass is 302 g/mol. The van der Waals surface area contributed by atoms with Crippen molar-refractivity contribution in [2.45, 2.75) is 44.9 Å². The van der Waals surface area contributed by atoms with Crippen molar-refractivity contribution in [2.75, 3.05) is 24.6 Å². The van der Waals surface area contributed by atoms with Crippen molar-refractivity contribution in [3.05, 3.63) is 0 Å². The predicted molar refractivity (Wildman–Crippen MR) is 82.2 cm³/mol. The van der Waals surface area contributed by atoms with E-state index in [1.54, 1.807) is 0 Å². The van der Waals surface area contributed by atoms with Crippen LogP contribution >= 0.6 is 11.8 Å². The topological polar surface area (TPSA) is 78.4 Å². The van der Waals surface area contributed by atoms with Crippen molar-refractivity contribution in [2.24, 2.45) is 5.92 Å². The van der Waals surface area contributed by atoms with Gasteiger partial charge in [0.05, 0.1) is 0 Å². The van der Waals surface area contributed by atoms with Crippen LogP contribution in [0.15, 0.2) is 0 Å². The number of hydrogen-bond acceptors (Lipinski definition) is 3. The Balaban J connectivity index is 1.88. The molecule has 0 aromatic rings. The van der Waals surface area contributed by atoms with E-state index in [0.29, 0.717) is 12.5 Å². The number of aliphatic carboxylic acids is 1. The van der Waals surface area contributed by atoms with E-state index in [9.17, 15) is 9.59 Å². The summed E-state index contributed by atoms with van der Waals surface area (Å²) in [7, 11) is 0. The maximum Gasteiger partial charge on any atom is 0.314 e. The molecule has 0 atom stereocenters. The zero-order chi connectivity index (χ0) is 14.6. The van der Waals surface area contributed by atoms with Gasteiger partial charge in [-0.3, -0.25) is 4.79 Å². The third-order valence-electron chi connectivity index (χ3n) is 3.50. The quantitative estimate of drug-likeness (QED) is 0.572. The summed E-state index contributed by atoms with van der Waals surface area (Å²) in [4.78, 5) is 21.9. The highest BCUT2D eigenvalue weighted by atomic mass is 32.2. The molecule has 1 aliphatic heterocycles. The van der Waals surface area contributed by atoms with Gasteiger partial charge >= 0.3 is 12.0 Å². The van der Waals surface area contributed by atoms with E-state index in [2.05, 4.69) is 10.6 Å². The molecule has 0 saturated carbocycles. The third-order valence-corrected chi connectivity index (χ3v) is 4.54. The molecule has 0 bridgehead atoms. The Bertz CT molecular complexity index is 294. The minimum Gasteiger partial charge on any atom is -0.481 e. The Morgan fingerprint density at radius 1 is 1.05 bits per heavy atom. The van der Waals surface area contributed by atoms with Gasteiger partial charge in [-0.05, 0) is 43.1 Å². The molecular weight excluding hydrogens is 276 g/mol. The standard InChI is InChI=1S/C14H26N2O3S/c17-13(18)5-3-1-2-4-8-15-14(19)16-11-12-6-9-20-10-7-12/h12H,1-11H2,(H,17,18)(H2,15,16,19). The number of thioether (sulfide) groups is 1. The van der Waals surface area contributed by atoms with Gasteiger partial charge in [0.25, 0.3) is 0 Å². The maximum absolute atomic E-state index is 11.6. The summed E-state index contributed by atoms with van der Waals surface area (Å²) in [6.45, 7) is 1.45. The van der Waals surface area contributed by atoms with Crippen molar-refractivity contribution >= 4 is 23.8 Å². The van der Waals surface area contributed by atoms with Crippen molar-refractivity contribution in [1.82, 2.24) is 10.6 Å². The van der Waals surface area contributed by atoms with Crippen LogP contribution in [-0.4, -0.2) is 41.7 Å². The molecule has 1 saturated heterocycles. The Kier molecular flexibility index (Phi) is 9.28. The van der Waals surface area contributed by atoms with E-state index in [0.717, 1.165) is 32.2 Å². The van der Waals surface area contributed by atoms with Gasteiger partial charge in [0.15, 0.2) is 0 Å². The molecule has 0 spiro atoms. The smallest absolute Gasteiger partial charge is 0.314 e. The van der Waals surface area contributed by atoms with E-state index in [1.807, 2.05) is 11.8 Å². The summed E-state index contributed by atoms with van der Waals surface area (Å²) >= 11 is 1.99. The SMILES string of the molecule is O=C(O)CCCCCCNC(=O)NCC1CCSCC1. The van der Waals surface area contributed by atoms with Gasteiger partial charge in [-0.25, -0.2) is 4.79 Å². The van der Waals surface area contributed by atoms with Crippen molar-refractivity contribution in [3.8, 4) is 0 Å². The number of amides is 2. The van der Waals surface area contributed by atoms with Gasteiger partial charge in [-0.15, -0.1) is 0 Å². The molecule has 0 aromatic carbocycles. The van der Waals surface area contributed by atoms with Crippen LogP contribution < -0.4 is 10.6 Å². The largest absolute Gasteiger partial charge is 0.481 e. The average Bonchev–Trinajstić information content (AvgIpc) is 2.45. The van der Waals surface area contributed by atoms with Crippen LogP contribution in [0.2, 0.25) is 0 Å². The third kappa shape index (κ3) is 9.07. The lowest BCUT2D eigenvalue weighted by Gasteiger charge is -2.21. The number of rotatable bonds is 9. The highest BCUT2D eigenvalue weighted by Gasteiger charge is 2.14. The Hall–Kier alpha value is -0.910. The molecule has 1 rings (SSSR count). The molecule has 3 N–H and O–H groups in total. The first-order chi connectivity index (χ1) is 9.68. The maximum atomic E-state index is 11.6. The normalized spacial score (nSPS) is 15.8. The van der Waals surface area contributed by atoms with E-state index < -0.39 is 5.97 Å². The molecule has 0 aliphatic carbocycles. The van der Waals surface area contributed by atoms with Gasteiger partial charge in [-0.2, -0.15) is 11.8 Å². The van der Waals surface area contributed by atoms with Crippen LogP contribution in [0.25, 0.3) is 0 Å². The van der Waals surface area contributed by atoms with Gasteiger partial charge in [0.2, 0.25) is 0 Å². The first-order valence-electron chi connectivity index (χ1n) is 7.49. The summed E-state index contributed by atoms with van der Waals surface area (Å²) in [5, 5.41) is 14.3. The Morgan fingerprint density at radius 2 is 1.75 bits per heavy atom. The van der Waals surface area contributed by atoms with Crippen LogP contribution in [0.4, 0.5) is 4.79 Å². The van der Waals surface area contributed by atoms with Gasteiger partial charge in [0.1, 0.15) is 0 Å². The second-order valence-corrected chi connectivity index (χ2v) is 6.48. The Labute approximate surface area is 125 Å². The molecule has 0 unspecified atom stereocenters. The number of carboxylic acids is 1. The molecule has 1 heterocycles. The zero-order valence-electron chi connectivity index (χ0n) is 12.0. The minimum atomic E-state index is -0.733. The number of urea groups is 1. The lowest BCUT2D eigenvalue weighted by molar-refractivity contribution is -0.137. The predicted octanol–water partition coefficient (Wildman–Crippen LogP) is 2.46. The highest BCUT2D eigenvalue weighted by Crippen LogP contribution is 2.21. The van der Waals surface area contributed by atoms with Crippen molar-refractivity contribution in [1.29, 1.82) is 0 Å². The summed E-state index contributed by atoms with van der Waals surface area (Å²) in [5.74, 6) is 2.33. The molecule has 0 radical (unpaired) electrons. The fourth-order valence-electron chi connectivity index (χ4n) is 2.21. The first-order valence-corrected chi connectivity index (χ1v) is 8.65. The number of carbonyl (C=O) groups is 2. The molecule has 2 amide bonds. The molecule has 6 heteroatoms. The van der Waals surface area contributed by atoms with Crippen LogP contribution in [0.5, 0.6) is 0 Å². The molecule has 5 nitrogen and oxygen atoms in total. The van der Waals surface area contributed by atoms with Gasteiger partial charge < -0.3 is 15.7 Å². The molecule has 1 aliphatic rings. The minimum absolute atomic E-state index is 0.0752. The van der Waals surface area contributed by atoms with Crippen molar-refractivity contribution in [3.63, 3.8) is 0 Å². The number of unbranched alkanes of at least 4 members (excludes halogenated alkanes) is 3. The fraction of sp³-hybridized carbons (Fsp3) is 0.857. The highest BCUT2D eigenvalue weighted by molar-refractivity contribution is 7.99. The second kappa shape index (κ2) is 10.8. The van der Waals surface area contributed by atoms with E-state index in [-0.39, 0.29) is 12.5 Å². The molecular formula is C14H26N2O3S. The van der Waals surface area contributed by atoms with Gasteiger partial charge in [0, 0.05) is 19.5 Å². The van der Waals surface area contributed by atoms with Crippen LogP contribution in [0.3, 0.4) is 0 Å². The number of carbonyl (C=O) groups excluding carboxylic acids is 1. The second-order valence-electron chi connectivity index (χ2n) is 5.25. The number of carboxylic acid groups (broad SMARTS) is 1. The number of hydrogen-bond donors (Lipinski definition) is 3. The van der Waals surface area contributed by atoms with E-state index >= 15 is 0 Å². The summed E-state index contributed by atoms with van der Waals surface area (Å²) in [5.41, 5.74) is 0. The number of nitrogens with one attached hydrogen (secondary N) is 2. The molecule has 20 heavy (non-hydrogen) atoms. The lowest BCUT2D eigenvalue weighted by Crippen LogP contribution is -2.39. The molecule has 0 aromatic heterocycles. The molecule has 1 fully saturated rings. The van der Waals surface area contributed by atoms with Gasteiger partial charge in [-0.1, -0.05) is 12.8 Å². The van der Waals surface area contributed by atoms with E-state index in [1.165, 1.54) is 24.3 Å². The Morgan fingerprint density at radius 3 is 2.45 bits per heavy atom. The van der Waals surface area contributed by atoms with Crippen LogP contribution in [0.1, 0.15) is 44.9 Å². The van der Waals surface area contributed by atoms with Crippen LogP contribution in [-0.2, 0) is 4.79 Å². The summed E-state index contributed by atoms with van der Waals surface area (Å²) in [6.07, 6.45) is 6.16. The van der Waals surface area contributed by atoms with Crippen LogP contribution in [0, 0.1) is 5.92 Å². The molecule has 116 valence electrons. The van der Waals surface area contributed by atoms with E-state index in [4.69, 9.17) is 5.11 Å². The summed E-state index contributed by atoms with van der Waals surface area (Å²) in [6, 6.07) is -0.0752. The first kappa shape index (κ1) is 17.1.